The maximum atomic E-state index is 10.8. The van der Waals surface area contributed by atoms with E-state index in [1.807, 2.05) is 54.6 Å². The van der Waals surface area contributed by atoms with Gasteiger partial charge in [-0.1, -0.05) is 30.3 Å². The zero-order valence-corrected chi connectivity index (χ0v) is 12.2. The third kappa shape index (κ3) is 3.71. The van der Waals surface area contributed by atoms with Gasteiger partial charge in [0.05, 0.1) is 5.56 Å². The fraction of sp³-hybridized carbons (Fsp3) is 0.0556. The maximum Gasteiger partial charge on any atom is 0.338 e. The first-order valence-electron chi connectivity index (χ1n) is 7.05. The molecule has 1 N–H and O–H groups in total. The molecular weight excluding hydrogens is 292 g/mol. The number of carbonyl (C=O) groups is 1. The second-order valence-corrected chi connectivity index (χ2v) is 4.90. The summed E-state index contributed by atoms with van der Waals surface area (Å²) in [4.78, 5) is 18.9. The van der Waals surface area contributed by atoms with Crippen LogP contribution in [-0.2, 0) is 6.61 Å². The lowest BCUT2D eigenvalue weighted by Gasteiger charge is -2.07. The second-order valence-electron chi connectivity index (χ2n) is 4.90. The van der Waals surface area contributed by atoms with Gasteiger partial charge in [0.15, 0.2) is 5.82 Å². The van der Waals surface area contributed by atoms with Crippen LogP contribution in [0.5, 0.6) is 5.75 Å². The van der Waals surface area contributed by atoms with Crippen molar-refractivity contribution in [2.45, 2.75) is 6.61 Å². The molecule has 5 heteroatoms. The molecule has 0 bridgehead atoms. The lowest BCUT2D eigenvalue weighted by Crippen LogP contribution is -1.99. The van der Waals surface area contributed by atoms with Crippen LogP contribution < -0.4 is 4.74 Å². The molecule has 1 aromatic heterocycles. The minimum atomic E-state index is -1.04. The lowest BCUT2D eigenvalue weighted by atomic mass is 10.2. The van der Waals surface area contributed by atoms with Crippen molar-refractivity contribution in [1.82, 2.24) is 9.97 Å². The molecule has 3 rings (SSSR count). The van der Waals surface area contributed by atoms with Gasteiger partial charge in [-0.2, -0.15) is 0 Å². The van der Waals surface area contributed by atoms with Gasteiger partial charge in [-0.15, -0.1) is 0 Å². The molecule has 114 valence electrons. The number of nitrogens with zero attached hydrogens (tertiary/aromatic N) is 2. The summed E-state index contributed by atoms with van der Waals surface area (Å²) in [6.45, 7) is 0.504. The number of hydrogen-bond acceptors (Lipinski definition) is 4. The highest BCUT2D eigenvalue weighted by Gasteiger charge is 2.06. The molecule has 0 saturated carbocycles. The van der Waals surface area contributed by atoms with Crippen LogP contribution in [-0.4, -0.2) is 21.0 Å². The van der Waals surface area contributed by atoms with E-state index in [2.05, 4.69) is 9.97 Å². The van der Waals surface area contributed by atoms with Crippen molar-refractivity contribution in [1.29, 1.82) is 0 Å². The van der Waals surface area contributed by atoms with E-state index < -0.39 is 5.97 Å². The van der Waals surface area contributed by atoms with Crippen LogP contribution in [0.1, 0.15) is 15.9 Å². The summed E-state index contributed by atoms with van der Waals surface area (Å²) in [5.41, 5.74) is 1.97. The maximum absolute atomic E-state index is 10.8. The van der Waals surface area contributed by atoms with Gasteiger partial charge in [0, 0.05) is 18.0 Å². The second kappa shape index (κ2) is 6.70. The molecule has 0 aliphatic rings. The third-order valence-corrected chi connectivity index (χ3v) is 3.26. The van der Waals surface area contributed by atoms with Gasteiger partial charge in [-0.3, -0.25) is 0 Å². The van der Waals surface area contributed by atoms with Crippen LogP contribution in [0.3, 0.4) is 0 Å². The van der Waals surface area contributed by atoms with Gasteiger partial charge in [-0.05, 0) is 29.8 Å². The third-order valence-electron chi connectivity index (χ3n) is 3.26. The molecule has 23 heavy (non-hydrogen) atoms. The minimum Gasteiger partial charge on any atom is -0.489 e. The summed E-state index contributed by atoms with van der Waals surface area (Å²) in [7, 11) is 0. The Morgan fingerprint density at radius 2 is 1.61 bits per heavy atom. The summed E-state index contributed by atoms with van der Waals surface area (Å²) >= 11 is 0. The topological polar surface area (TPSA) is 72.3 Å². The molecule has 0 aliphatic carbocycles. The first-order chi connectivity index (χ1) is 11.2. The smallest absolute Gasteiger partial charge is 0.338 e. The van der Waals surface area contributed by atoms with Crippen LogP contribution in [0.15, 0.2) is 67.0 Å². The summed E-state index contributed by atoms with van der Waals surface area (Å²) < 4.78 is 5.71. The van der Waals surface area contributed by atoms with Crippen molar-refractivity contribution in [3.63, 3.8) is 0 Å². The average molecular weight is 306 g/mol. The lowest BCUT2D eigenvalue weighted by molar-refractivity contribution is 0.0696. The van der Waals surface area contributed by atoms with Crippen molar-refractivity contribution in [2.24, 2.45) is 0 Å². The molecule has 0 unspecified atom stereocenters. The molecule has 0 radical (unpaired) electrons. The van der Waals surface area contributed by atoms with Gasteiger partial charge in [0.1, 0.15) is 12.4 Å². The SMILES string of the molecule is O=C(O)c1cnc(-c2ccc(OCc3ccccc3)cc2)nc1. The molecule has 0 fully saturated rings. The van der Waals surface area contributed by atoms with Crippen molar-refractivity contribution < 1.29 is 14.6 Å². The highest BCUT2D eigenvalue weighted by molar-refractivity contribution is 5.86. The summed E-state index contributed by atoms with van der Waals surface area (Å²) in [5, 5.41) is 8.84. The molecule has 0 amide bonds. The Hall–Kier alpha value is -3.21. The first kappa shape index (κ1) is 14.7. The predicted octanol–water partition coefficient (Wildman–Crippen LogP) is 3.42. The molecule has 0 atom stereocenters. The van der Waals surface area contributed by atoms with E-state index in [0.717, 1.165) is 16.9 Å². The molecule has 1 heterocycles. The molecule has 0 aliphatic heterocycles. The first-order valence-corrected chi connectivity index (χ1v) is 7.05. The number of ether oxygens (including phenoxy) is 1. The summed E-state index contributed by atoms with van der Waals surface area (Å²) in [6.07, 6.45) is 2.59. The van der Waals surface area contributed by atoms with Gasteiger partial charge < -0.3 is 9.84 Å². The zero-order chi connectivity index (χ0) is 16.1. The highest BCUT2D eigenvalue weighted by Crippen LogP contribution is 2.20. The number of carboxylic acids is 1. The van der Waals surface area contributed by atoms with Crippen molar-refractivity contribution >= 4 is 5.97 Å². The summed E-state index contributed by atoms with van der Waals surface area (Å²) in [5.74, 6) is 0.186. The standard InChI is InChI=1S/C18H14N2O3/c21-18(22)15-10-19-17(20-11-15)14-6-8-16(9-7-14)23-12-13-4-2-1-3-5-13/h1-11H,12H2,(H,21,22). The van der Waals surface area contributed by atoms with Gasteiger partial charge in [0.25, 0.3) is 0 Å². The fourth-order valence-corrected chi connectivity index (χ4v) is 2.03. The van der Waals surface area contributed by atoms with Crippen LogP contribution in [0.2, 0.25) is 0 Å². The average Bonchev–Trinajstić information content (AvgIpc) is 2.61. The largest absolute Gasteiger partial charge is 0.489 e. The Labute approximate surface area is 133 Å². The number of hydrogen-bond donors (Lipinski definition) is 1. The van der Waals surface area contributed by atoms with Gasteiger partial charge in [-0.25, -0.2) is 14.8 Å². The normalized spacial score (nSPS) is 10.3. The van der Waals surface area contributed by atoms with E-state index in [0.29, 0.717) is 12.4 Å². The molecule has 0 saturated heterocycles. The Balaban J connectivity index is 1.68. The Kier molecular flexibility index (Phi) is 4.29. The number of aromatic nitrogens is 2. The highest BCUT2D eigenvalue weighted by atomic mass is 16.5. The Morgan fingerprint density at radius 1 is 0.957 bits per heavy atom. The monoisotopic (exact) mass is 306 g/mol. The van der Waals surface area contributed by atoms with Crippen molar-refractivity contribution in [3.05, 3.63) is 78.1 Å². The van der Waals surface area contributed by atoms with Crippen LogP contribution in [0, 0.1) is 0 Å². The number of aromatic carboxylic acids is 1. The van der Waals surface area contributed by atoms with Crippen LogP contribution in [0.25, 0.3) is 11.4 Å². The predicted molar refractivity (Wildman–Crippen MR) is 85.2 cm³/mol. The fourth-order valence-electron chi connectivity index (χ4n) is 2.03. The van der Waals surface area contributed by atoms with E-state index in [4.69, 9.17) is 9.84 Å². The van der Waals surface area contributed by atoms with E-state index in [9.17, 15) is 4.79 Å². The van der Waals surface area contributed by atoms with E-state index in [1.165, 1.54) is 12.4 Å². The Morgan fingerprint density at radius 3 is 2.22 bits per heavy atom. The number of rotatable bonds is 5. The molecule has 0 spiro atoms. The van der Waals surface area contributed by atoms with E-state index in [-0.39, 0.29) is 5.56 Å². The molecule has 5 nitrogen and oxygen atoms in total. The van der Waals surface area contributed by atoms with Gasteiger partial charge >= 0.3 is 5.97 Å². The minimum absolute atomic E-state index is 0.0663. The number of carboxylic acid groups (broad SMARTS) is 1. The molecule has 2 aromatic carbocycles. The quantitative estimate of drug-likeness (QED) is 0.782. The van der Waals surface area contributed by atoms with Crippen molar-refractivity contribution in [2.75, 3.05) is 0 Å². The van der Waals surface area contributed by atoms with Crippen LogP contribution >= 0.6 is 0 Å². The van der Waals surface area contributed by atoms with E-state index in [1.54, 1.807) is 0 Å². The Bertz CT molecular complexity index is 785. The van der Waals surface area contributed by atoms with E-state index >= 15 is 0 Å². The molecule has 3 aromatic rings. The van der Waals surface area contributed by atoms with Crippen molar-refractivity contribution in [3.8, 4) is 17.1 Å². The number of benzene rings is 2. The zero-order valence-electron chi connectivity index (χ0n) is 12.2. The van der Waals surface area contributed by atoms with Gasteiger partial charge in [0.2, 0.25) is 0 Å². The van der Waals surface area contributed by atoms with Crippen LogP contribution in [0.4, 0.5) is 0 Å². The summed E-state index contributed by atoms with van der Waals surface area (Å²) in [6, 6.07) is 17.3. The molecular formula is C18H14N2O3.